The highest BCUT2D eigenvalue weighted by molar-refractivity contribution is 7.45. The highest BCUT2D eigenvalue weighted by Crippen LogP contribution is 2.38. The van der Waals surface area contributed by atoms with Gasteiger partial charge in [0.2, 0.25) is 5.91 Å². The van der Waals surface area contributed by atoms with E-state index in [0.29, 0.717) is 23.9 Å². The Labute approximate surface area is 349 Å². The number of aliphatic hydroxyl groups is 1. The topological polar surface area (TPSA) is 108 Å². The summed E-state index contributed by atoms with van der Waals surface area (Å²) in [5, 5.41) is 13.9. The first-order valence-electron chi connectivity index (χ1n) is 24.4. The molecule has 1 unspecified atom stereocenters. The molecular weight excluding hydrogens is 719 g/mol. The number of carbonyl (C=O) groups excluding carboxylic acids is 1. The van der Waals surface area contributed by atoms with Gasteiger partial charge in [0.05, 0.1) is 39.9 Å². The highest BCUT2D eigenvalue weighted by Gasteiger charge is 2.24. The van der Waals surface area contributed by atoms with Gasteiger partial charge in [-0.1, -0.05) is 226 Å². The van der Waals surface area contributed by atoms with Gasteiger partial charge >= 0.3 is 0 Å². The van der Waals surface area contributed by atoms with Crippen molar-refractivity contribution in [3.05, 3.63) is 0 Å². The summed E-state index contributed by atoms with van der Waals surface area (Å²) in [6, 6.07) is -0.793. The molecule has 336 valence electrons. The molecule has 3 atom stereocenters. The van der Waals surface area contributed by atoms with Gasteiger partial charge in [-0.2, -0.15) is 0 Å². The van der Waals surface area contributed by atoms with Gasteiger partial charge in [-0.15, -0.1) is 0 Å². The molecule has 0 aliphatic heterocycles. The maximum absolute atomic E-state index is 12.9. The summed E-state index contributed by atoms with van der Waals surface area (Å²) in [6.45, 7) is 4.75. The minimum Gasteiger partial charge on any atom is -0.756 e. The molecule has 56 heavy (non-hydrogen) atoms. The minimum atomic E-state index is -4.56. The molecular formula is C47H97N2O6P. The van der Waals surface area contributed by atoms with Crippen molar-refractivity contribution in [2.24, 2.45) is 0 Å². The zero-order valence-corrected chi connectivity index (χ0v) is 39.0. The Morgan fingerprint density at radius 3 is 1.21 bits per heavy atom. The van der Waals surface area contributed by atoms with Crippen molar-refractivity contribution in [3.63, 3.8) is 0 Å². The van der Waals surface area contributed by atoms with Crippen molar-refractivity contribution in [1.29, 1.82) is 0 Å². The SMILES string of the molecule is CCCCCCCCCCCCCCCCCCCCCCCC(=O)N[C@@H](COP(=O)([O-])OCC[N+](C)(C)C)[C@H](O)CCCCCCCCCCCCCCC. The number of aliphatic hydroxyl groups excluding tert-OH is 1. The molecule has 0 saturated carbocycles. The maximum Gasteiger partial charge on any atom is 0.268 e. The minimum absolute atomic E-state index is 0.0162. The van der Waals surface area contributed by atoms with Gasteiger partial charge in [0.1, 0.15) is 13.2 Å². The van der Waals surface area contributed by atoms with Crippen LogP contribution in [-0.2, 0) is 18.4 Å². The fraction of sp³-hybridized carbons (Fsp3) is 0.979. The van der Waals surface area contributed by atoms with E-state index in [9.17, 15) is 19.4 Å². The normalized spacial score (nSPS) is 14.2. The predicted molar refractivity (Wildman–Crippen MR) is 238 cm³/mol. The number of carbonyl (C=O) groups is 1. The fourth-order valence-electron chi connectivity index (χ4n) is 7.45. The summed E-state index contributed by atoms with van der Waals surface area (Å²) in [5.74, 6) is -0.160. The summed E-state index contributed by atoms with van der Waals surface area (Å²) in [6.07, 6.45) is 43.9. The monoisotopic (exact) mass is 817 g/mol. The molecule has 2 N–H and O–H groups in total. The number of hydrogen-bond donors (Lipinski definition) is 2. The number of nitrogens with zero attached hydrogens (tertiary/aromatic N) is 1. The summed E-state index contributed by atoms with van der Waals surface area (Å²) in [4.78, 5) is 25.4. The van der Waals surface area contributed by atoms with Gasteiger partial charge in [0, 0.05) is 6.42 Å². The standard InChI is InChI=1S/C47H97N2O6P/c1-6-8-10-12-14-16-18-20-21-22-23-24-25-26-27-29-31-33-35-37-39-41-47(51)48-45(44-55-56(52,53)54-43-42-49(3,4)5)46(50)40-38-36-34-32-30-28-19-17-15-13-11-9-7-2/h45-46,50H,6-44H2,1-5H3,(H-,48,51,52,53)/t45-,46+/m0/s1. The van der Waals surface area contributed by atoms with Crippen LogP contribution in [-0.4, -0.2) is 68.5 Å². The van der Waals surface area contributed by atoms with Crippen LogP contribution in [0.5, 0.6) is 0 Å². The zero-order chi connectivity index (χ0) is 41.4. The van der Waals surface area contributed by atoms with E-state index in [4.69, 9.17) is 9.05 Å². The molecule has 0 fully saturated rings. The zero-order valence-electron chi connectivity index (χ0n) is 38.1. The molecule has 0 rings (SSSR count). The molecule has 0 heterocycles. The van der Waals surface area contributed by atoms with Crippen molar-refractivity contribution < 1.29 is 32.9 Å². The summed E-state index contributed by atoms with van der Waals surface area (Å²) < 4.78 is 23.3. The van der Waals surface area contributed by atoms with Crippen molar-refractivity contribution in [2.45, 2.75) is 257 Å². The lowest BCUT2D eigenvalue weighted by atomic mass is 10.0. The first-order chi connectivity index (χ1) is 27.0. The Bertz CT molecular complexity index is 885. The van der Waals surface area contributed by atoms with Crippen LogP contribution < -0.4 is 10.2 Å². The summed E-state index contributed by atoms with van der Waals surface area (Å²) in [7, 11) is 1.32. The summed E-state index contributed by atoms with van der Waals surface area (Å²) in [5.41, 5.74) is 0. The van der Waals surface area contributed by atoms with Crippen molar-refractivity contribution in [3.8, 4) is 0 Å². The fourth-order valence-corrected chi connectivity index (χ4v) is 8.18. The number of amides is 1. The predicted octanol–water partition coefficient (Wildman–Crippen LogP) is 13.1. The third-order valence-electron chi connectivity index (χ3n) is 11.3. The number of rotatable bonds is 45. The van der Waals surface area contributed by atoms with Crippen molar-refractivity contribution >= 4 is 13.7 Å². The molecule has 0 aromatic rings. The Morgan fingerprint density at radius 2 is 0.875 bits per heavy atom. The first kappa shape index (κ1) is 55.5. The Balaban J connectivity index is 4.20. The molecule has 0 aliphatic carbocycles. The largest absolute Gasteiger partial charge is 0.756 e. The smallest absolute Gasteiger partial charge is 0.268 e. The molecule has 0 saturated heterocycles. The third-order valence-corrected chi connectivity index (χ3v) is 12.3. The lowest BCUT2D eigenvalue weighted by molar-refractivity contribution is -0.870. The average Bonchev–Trinajstić information content (AvgIpc) is 3.15. The van der Waals surface area contributed by atoms with Crippen LogP contribution in [0.25, 0.3) is 0 Å². The van der Waals surface area contributed by atoms with Crippen LogP contribution in [0.15, 0.2) is 0 Å². The lowest BCUT2D eigenvalue weighted by Crippen LogP contribution is -2.46. The van der Waals surface area contributed by atoms with Gasteiger partial charge in [-0.25, -0.2) is 0 Å². The average molecular weight is 817 g/mol. The van der Waals surface area contributed by atoms with E-state index in [2.05, 4.69) is 19.2 Å². The van der Waals surface area contributed by atoms with Crippen molar-refractivity contribution in [1.82, 2.24) is 5.32 Å². The van der Waals surface area contributed by atoms with E-state index < -0.39 is 20.0 Å². The number of phosphoric ester groups is 1. The first-order valence-corrected chi connectivity index (χ1v) is 25.8. The molecule has 0 spiro atoms. The molecule has 0 aromatic heterocycles. The maximum atomic E-state index is 12.9. The van der Waals surface area contributed by atoms with Gasteiger partial charge in [0.15, 0.2) is 0 Å². The van der Waals surface area contributed by atoms with Gasteiger partial charge in [0.25, 0.3) is 7.82 Å². The number of hydrogen-bond acceptors (Lipinski definition) is 6. The van der Waals surface area contributed by atoms with E-state index >= 15 is 0 Å². The van der Waals surface area contributed by atoms with E-state index in [-0.39, 0.29) is 19.1 Å². The summed E-state index contributed by atoms with van der Waals surface area (Å²) >= 11 is 0. The van der Waals surface area contributed by atoms with Crippen LogP contribution >= 0.6 is 7.82 Å². The number of quaternary nitrogens is 1. The Morgan fingerprint density at radius 1 is 0.554 bits per heavy atom. The van der Waals surface area contributed by atoms with Crippen LogP contribution in [0.3, 0.4) is 0 Å². The van der Waals surface area contributed by atoms with E-state index in [1.807, 2.05) is 21.1 Å². The van der Waals surface area contributed by atoms with Crippen LogP contribution in [0.1, 0.15) is 245 Å². The second-order valence-electron chi connectivity index (χ2n) is 18.2. The number of nitrogens with one attached hydrogen (secondary N) is 1. The Kier molecular flexibility index (Phi) is 39.6. The van der Waals surface area contributed by atoms with Gasteiger partial charge in [-0.05, 0) is 12.8 Å². The number of unbranched alkanes of at least 4 members (excludes halogenated alkanes) is 32. The van der Waals surface area contributed by atoms with Crippen LogP contribution in [0, 0.1) is 0 Å². The molecule has 9 heteroatoms. The van der Waals surface area contributed by atoms with E-state index in [0.717, 1.165) is 38.5 Å². The highest BCUT2D eigenvalue weighted by atomic mass is 31.2. The number of phosphoric acid groups is 1. The molecule has 0 aliphatic rings. The molecule has 0 aromatic carbocycles. The van der Waals surface area contributed by atoms with E-state index in [1.54, 1.807) is 0 Å². The molecule has 0 bridgehead atoms. The molecule has 1 amide bonds. The number of likely N-dealkylation sites (N-methyl/N-ethyl adjacent to an activating group) is 1. The third kappa shape index (κ3) is 41.7. The van der Waals surface area contributed by atoms with Crippen LogP contribution in [0.4, 0.5) is 0 Å². The molecule has 0 radical (unpaired) electrons. The molecule has 8 nitrogen and oxygen atoms in total. The quantitative estimate of drug-likeness (QED) is 0.0360. The second kappa shape index (κ2) is 39.9. The lowest BCUT2D eigenvalue weighted by Gasteiger charge is -2.30. The second-order valence-corrected chi connectivity index (χ2v) is 19.6. The van der Waals surface area contributed by atoms with Crippen molar-refractivity contribution in [2.75, 3.05) is 40.9 Å². The van der Waals surface area contributed by atoms with Gasteiger partial charge in [-0.3, -0.25) is 9.36 Å². The van der Waals surface area contributed by atoms with Crippen LogP contribution in [0.2, 0.25) is 0 Å². The Hall–Kier alpha value is -0.500. The van der Waals surface area contributed by atoms with E-state index in [1.165, 1.54) is 180 Å². The van der Waals surface area contributed by atoms with Gasteiger partial charge < -0.3 is 28.8 Å².